The van der Waals surface area contributed by atoms with Gasteiger partial charge in [-0.05, 0) is 72.8 Å². The number of carboxylic acids is 1. The molecule has 2 saturated carbocycles. The van der Waals surface area contributed by atoms with Gasteiger partial charge in [-0.25, -0.2) is 9.18 Å². The first-order valence-electron chi connectivity index (χ1n) is 9.01. The number of hydrogen-bond donors (Lipinski definition) is 2. The molecule has 0 amide bonds. The van der Waals surface area contributed by atoms with Gasteiger partial charge in [-0.1, -0.05) is 18.2 Å². The monoisotopic (exact) mass is 337 g/mol. The first-order chi connectivity index (χ1) is 12.1. The Labute approximate surface area is 145 Å². The van der Waals surface area contributed by atoms with Crippen LogP contribution in [0.3, 0.4) is 0 Å². The fourth-order valence-corrected chi connectivity index (χ4v) is 5.66. The van der Waals surface area contributed by atoms with Crippen LogP contribution in [-0.4, -0.2) is 11.1 Å². The van der Waals surface area contributed by atoms with Crippen molar-refractivity contribution in [1.29, 1.82) is 0 Å². The molecule has 2 fully saturated rings. The molecule has 1 heterocycles. The molecule has 5 atom stereocenters. The molecule has 3 aliphatic rings. The highest BCUT2D eigenvalue weighted by Crippen LogP contribution is 2.63. The van der Waals surface area contributed by atoms with Gasteiger partial charge in [-0.15, -0.1) is 0 Å². The van der Waals surface area contributed by atoms with Gasteiger partial charge in [-0.3, -0.25) is 0 Å². The smallest absolute Gasteiger partial charge is 0.335 e. The molecule has 0 spiro atoms. The molecule has 25 heavy (non-hydrogen) atoms. The van der Waals surface area contributed by atoms with E-state index in [4.69, 9.17) is 0 Å². The van der Waals surface area contributed by atoms with Crippen molar-refractivity contribution in [1.82, 2.24) is 0 Å². The number of hydrogen-bond acceptors (Lipinski definition) is 2. The minimum Gasteiger partial charge on any atom is -0.478 e. The Hall–Kier alpha value is -2.36. The van der Waals surface area contributed by atoms with Crippen molar-refractivity contribution in [3.8, 4) is 0 Å². The summed E-state index contributed by atoms with van der Waals surface area (Å²) in [5.74, 6) is 0.805. The first-order valence-corrected chi connectivity index (χ1v) is 9.01. The molecule has 2 aromatic carbocycles. The van der Waals surface area contributed by atoms with E-state index in [-0.39, 0.29) is 11.9 Å². The Bertz CT molecular complexity index is 865. The number of aromatic carboxylic acids is 1. The largest absolute Gasteiger partial charge is 0.478 e. The van der Waals surface area contributed by atoms with E-state index in [0.29, 0.717) is 29.2 Å². The number of carboxylic acid groups (broad SMARTS) is 1. The lowest BCUT2D eigenvalue weighted by Crippen LogP contribution is -2.36. The molecule has 2 aliphatic carbocycles. The van der Waals surface area contributed by atoms with E-state index < -0.39 is 5.97 Å². The summed E-state index contributed by atoms with van der Waals surface area (Å²) < 4.78 is 14.5. The number of anilines is 1. The summed E-state index contributed by atoms with van der Waals surface area (Å²) in [5.41, 5.74) is 3.15. The normalized spacial score (nSPS) is 32.0. The quantitative estimate of drug-likeness (QED) is 0.826. The summed E-state index contributed by atoms with van der Waals surface area (Å²) in [6.45, 7) is 0. The van der Waals surface area contributed by atoms with E-state index in [2.05, 4.69) is 5.32 Å². The fraction of sp³-hybridized carbons (Fsp3) is 0.381. The van der Waals surface area contributed by atoms with Gasteiger partial charge in [0, 0.05) is 11.3 Å². The highest BCUT2D eigenvalue weighted by Gasteiger charge is 2.54. The summed E-state index contributed by atoms with van der Waals surface area (Å²) in [7, 11) is 0. The zero-order valence-electron chi connectivity index (χ0n) is 13.8. The molecule has 1 aliphatic heterocycles. The molecule has 0 saturated heterocycles. The summed E-state index contributed by atoms with van der Waals surface area (Å²) >= 11 is 0. The van der Waals surface area contributed by atoms with Crippen LogP contribution in [0.1, 0.15) is 52.7 Å². The summed E-state index contributed by atoms with van der Waals surface area (Å²) in [4.78, 5) is 11.4. The van der Waals surface area contributed by atoms with Gasteiger partial charge in [-0.2, -0.15) is 0 Å². The molecule has 2 N–H and O–H groups in total. The molecule has 128 valence electrons. The second-order valence-corrected chi connectivity index (χ2v) is 7.69. The Morgan fingerprint density at radius 1 is 1.08 bits per heavy atom. The third-order valence-corrected chi connectivity index (χ3v) is 6.57. The molecule has 2 aromatic rings. The van der Waals surface area contributed by atoms with Crippen molar-refractivity contribution in [3.05, 3.63) is 65.0 Å². The number of carbonyl (C=O) groups is 1. The second-order valence-electron chi connectivity index (χ2n) is 7.69. The average Bonchev–Trinajstić information content (AvgIpc) is 3.23. The summed E-state index contributed by atoms with van der Waals surface area (Å²) in [6.07, 6.45) is 3.58. The summed E-state index contributed by atoms with van der Waals surface area (Å²) in [5, 5.41) is 12.9. The van der Waals surface area contributed by atoms with E-state index in [1.54, 1.807) is 12.1 Å². The van der Waals surface area contributed by atoms with E-state index in [1.807, 2.05) is 24.3 Å². The second kappa shape index (κ2) is 5.32. The van der Waals surface area contributed by atoms with E-state index in [9.17, 15) is 14.3 Å². The lowest BCUT2D eigenvalue weighted by atomic mass is 9.68. The molecule has 2 bridgehead atoms. The SMILES string of the molecule is O=C(O)c1ccc2c(c1)[C@H]1[C@H]3CC[C@@H](C3)[C@@H]1[C@@H](c1ccccc1F)N2. The van der Waals surface area contributed by atoms with Gasteiger partial charge < -0.3 is 10.4 Å². The van der Waals surface area contributed by atoms with Crippen LogP contribution in [0.15, 0.2) is 42.5 Å². The Morgan fingerprint density at radius 2 is 1.88 bits per heavy atom. The molecular weight excluding hydrogens is 317 g/mol. The molecule has 0 unspecified atom stereocenters. The Balaban J connectivity index is 1.65. The Kier molecular flexibility index (Phi) is 3.18. The zero-order chi connectivity index (χ0) is 17.1. The fourth-order valence-electron chi connectivity index (χ4n) is 5.66. The van der Waals surface area contributed by atoms with Crippen LogP contribution in [0, 0.1) is 23.6 Å². The number of fused-ring (bicyclic) bond motifs is 7. The van der Waals surface area contributed by atoms with Crippen LogP contribution in [0.25, 0.3) is 0 Å². The standard InChI is InChI=1S/C21H20FNO2/c22-16-4-2-1-3-14(16)20-19-12-6-5-11(9-12)18(19)15-10-13(21(24)25)7-8-17(15)23-20/h1-4,7-8,10-12,18-20,23H,5-6,9H2,(H,24,25)/t11-,12-,18+,19-,20+/m0/s1. The van der Waals surface area contributed by atoms with Gasteiger partial charge in [0.1, 0.15) is 5.82 Å². The highest BCUT2D eigenvalue weighted by molar-refractivity contribution is 5.88. The maximum absolute atomic E-state index is 14.5. The predicted molar refractivity (Wildman–Crippen MR) is 93.2 cm³/mol. The van der Waals surface area contributed by atoms with Crippen molar-refractivity contribution in [2.45, 2.75) is 31.2 Å². The van der Waals surface area contributed by atoms with Crippen LogP contribution >= 0.6 is 0 Å². The van der Waals surface area contributed by atoms with Gasteiger partial charge in [0.25, 0.3) is 0 Å². The number of nitrogens with one attached hydrogen (secondary N) is 1. The van der Waals surface area contributed by atoms with Crippen molar-refractivity contribution >= 4 is 11.7 Å². The maximum atomic E-state index is 14.5. The predicted octanol–water partition coefficient (Wildman–Crippen LogP) is 4.82. The topological polar surface area (TPSA) is 49.3 Å². The molecular formula is C21H20FNO2. The molecule has 4 heteroatoms. The van der Waals surface area contributed by atoms with Gasteiger partial charge in [0.2, 0.25) is 0 Å². The number of rotatable bonds is 2. The third-order valence-electron chi connectivity index (χ3n) is 6.57. The van der Waals surface area contributed by atoms with Crippen LogP contribution < -0.4 is 5.32 Å². The van der Waals surface area contributed by atoms with Crippen molar-refractivity contribution < 1.29 is 14.3 Å². The lowest BCUT2D eigenvalue weighted by Gasteiger charge is -2.43. The number of halogens is 1. The first kappa shape index (κ1) is 14.9. The van der Waals surface area contributed by atoms with Crippen molar-refractivity contribution in [2.75, 3.05) is 5.32 Å². The van der Waals surface area contributed by atoms with Gasteiger partial charge in [0.05, 0.1) is 11.6 Å². The number of benzene rings is 2. The molecule has 0 radical (unpaired) electrons. The van der Waals surface area contributed by atoms with Crippen LogP contribution in [0.2, 0.25) is 0 Å². The van der Waals surface area contributed by atoms with E-state index >= 15 is 0 Å². The average molecular weight is 337 g/mol. The minimum absolute atomic E-state index is 0.0373. The molecule has 5 rings (SSSR count). The maximum Gasteiger partial charge on any atom is 0.335 e. The van der Waals surface area contributed by atoms with Crippen LogP contribution in [0.5, 0.6) is 0 Å². The zero-order valence-corrected chi connectivity index (χ0v) is 13.8. The minimum atomic E-state index is -0.890. The molecule has 3 nitrogen and oxygen atoms in total. The van der Waals surface area contributed by atoms with Crippen molar-refractivity contribution in [2.24, 2.45) is 17.8 Å². The van der Waals surface area contributed by atoms with Gasteiger partial charge in [0.15, 0.2) is 0 Å². The highest BCUT2D eigenvalue weighted by atomic mass is 19.1. The van der Waals surface area contributed by atoms with E-state index in [0.717, 1.165) is 16.8 Å². The van der Waals surface area contributed by atoms with Gasteiger partial charge >= 0.3 is 5.97 Å². The summed E-state index contributed by atoms with van der Waals surface area (Å²) in [6, 6.07) is 12.3. The van der Waals surface area contributed by atoms with Crippen LogP contribution in [0.4, 0.5) is 10.1 Å². The van der Waals surface area contributed by atoms with E-state index in [1.165, 1.54) is 25.3 Å². The third kappa shape index (κ3) is 2.13. The Morgan fingerprint density at radius 3 is 2.68 bits per heavy atom. The van der Waals surface area contributed by atoms with Crippen molar-refractivity contribution in [3.63, 3.8) is 0 Å². The molecule has 0 aromatic heterocycles. The lowest BCUT2D eigenvalue weighted by molar-refractivity contribution is 0.0696. The van der Waals surface area contributed by atoms with Crippen LogP contribution in [-0.2, 0) is 0 Å².